The molecule has 0 radical (unpaired) electrons. The molecule has 5 nitrogen and oxygen atoms in total. The minimum Gasteiger partial charge on any atom is -0.387 e. The van der Waals surface area contributed by atoms with Crippen LogP contribution in [0.25, 0.3) is 0 Å². The molecule has 5 heteroatoms. The number of ketones is 1. The highest BCUT2D eigenvalue weighted by molar-refractivity contribution is 6.07. The van der Waals surface area contributed by atoms with Crippen molar-refractivity contribution in [3.63, 3.8) is 0 Å². The highest BCUT2D eigenvalue weighted by Gasteiger charge is 2.14. The first-order valence-electron chi connectivity index (χ1n) is 7.89. The summed E-state index contributed by atoms with van der Waals surface area (Å²) in [5.41, 5.74) is 1.05. The number of nitriles is 1. The molecule has 0 aliphatic heterocycles. The summed E-state index contributed by atoms with van der Waals surface area (Å²) in [4.78, 5) is 23.5. The summed E-state index contributed by atoms with van der Waals surface area (Å²) in [5.74, 6) is -0.548. The first-order chi connectivity index (χ1) is 11.1. The molecule has 0 aromatic heterocycles. The van der Waals surface area contributed by atoms with E-state index in [1.54, 1.807) is 24.3 Å². The van der Waals surface area contributed by atoms with Gasteiger partial charge in [0, 0.05) is 23.5 Å². The van der Waals surface area contributed by atoms with E-state index in [1.165, 1.54) is 32.4 Å². The minimum atomic E-state index is -0.475. The van der Waals surface area contributed by atoms with E-state index in [4.69, 9.17) is 0 Å². The van der Waals surface area contributed by atoms with Crippen LogP contribution in [0.15, 0.2) is 36.0 Å². The van der Waals surface area contributed by atoms with Crippen molar-refractivity contribution in [2.24, 2.45) is 0 Å². The van der Waals surface area contributed by atoms with Crippen molar-refractivity contribution in [2.75, 3.05) is 5.32 Å². The topological polar surface area (TPSA) is 82.0 Å². The SMILES string of the molecule is CC(=O)c1cccc(NC(=O)/C(C#N)=C\NC2CCCCC2)c1. The molecule has 1 aromatic carbocycles. The van der Waals surface area contributed by atoms with E-state index >= 15 is 0 Å². The number of amides is 1. The third-order valence-corrected chi connectivity index (χ3v) is 3.96. The summed E-state index contributed by atoms with van der Waals surface area (Å²) in [6, 6.07) is 8.92. The Labute approximate surface area is 136 Å². The summed E-state index contributed by atoms with van der Waals surface area (Å²) in [6.45, 7) is 1.47. The lowest BCUT2D eigenvalue weighted by molar-refractivity contribution is -0.112. The zero-order valence-electron chi connectivity index (χ0n) is 13.3. The van der Waals surface area contributed by atoms with Gasteiger partial charge in [-0.1, -0.05) is 31.4 Å². The fraction of sp³-hybridized carbons (Fsp3) is 0.389. The Kier molecular flexibility index (Phi) is 5.93. The molecule has 1 saturated carbocycles. The van der Waals surface area contributed by atoms with Crippen LogP contribution in [0.1, 0.15) is 49.4 Å². The average molecular weight is 311 g/mol. The summed E-state index contributed by atoms with van der Waals surface area (Å²) in [5, 5.41) is 15.0. The van der Waals surface area contributed by atoms with E-state index < -0.39 is 5.91 Å². The molecule has 120 valence electrons. The molecule has 23 heavy (non-hydrogen) atoms. The molecule has 1 aliphatic carbocycles. The van der Waals surface area contributed by atoms with E-state index in [2.05, 4.69) is 10.6 Å². The quantitative estimate of drug-likeness (QED) is 0.497. The smallest absolute Gasteiger partial charge is 0.267 e. The maximum absolute atomic E-state index is 12.2. The fourth-order valence-electron chi connectivity index (χ4n) is 2.63. The van der Waals surface area contributed by atoms with Gasteiger partial charge >= 0.3 is 0 Å². The molecule has 1 amide bonds. The van der Waals surface area contributed by atoms with Crippen LogP contribution < -0.4 is 10.6 Å². The number of nitrogens with one attached hydrogen (secondary N) is 2. The van der Waals surface area contributed by atoms with Crippen LogP contribution in [0.3, 0.4) is 0 Å². The summed E-state index contributed by atoms with van der Waals surface area (Å²) >= 11 is 0. The van der Waals surface area contributed by atoms with Gasteiger partial charge in [0.05, 0.1) is 0 Å². The van der Waals surface area contributed by atoms with E-state index in [0.717, 1.165) is 12.8 Å². The van der Waals surface area contributed by atoms with E-state index in [1.807, 2.05) is 6.07 Å². The van der Waals surface area contributed by atoms with Crippen LogP contribution >= 0.6 is 0 Å². The van der Waals surface area contributed by atoms with Gasteiger partial charge in [0.15, 0.2) is 5.78 Å². The van der Waals surface area contributed by atoms with Crippen LogP contribution in [-0.4, -0.2) is 17.7 Å². The second-order valence-corrected chi connectivity index (χ2v) is 5.76. The Morgan fingerprint density at radius 2 is 2.00 bits per heavy atom. The number of nitrogens with zero attached hydrogens (tertiary/aromatic N) is 1. The zero-order valence-corrected chi connectivity index (χ0v) is 13.3. The molecule has 0 unspecified atom stereocenters. The number of hydrogen-bond acceptors (Lipinski definition) is 4. The maximum atomic E-state index is 12.2. The van der Waals surface area contributed by atoms with Gasteiger partial charge < -0.3 is 10.6 Å². The molecule has 0 spiro atoms. The average Bonchev–Trinajstić information content (AvgIpc) is 2.56. The maximum Gasteiger partial charge on any atom is 0.267 e. The summed E-state index contributed by atoms with van der Waals surface area (Å²) < 4.78 is 0. The van der Waals surface area contributed by atoms with Gasteiger partial charge in [-0.2, -0.15) is 5.26 Å². The molecule has 2 N–H and O–H groups in total. The Balaban J connectivity index is 2.00. The molecular formula is C18H21N3O2. The van der Waals surface area contributed by atoms with Crippen LogP contribution in [0, 0.1) is 11.3 Å². The lowest BCUT2D eigenvalue weighted by Gasteiger charge is -2.21. The van der Waals surface area contributed by atoms with Gasteiger partial charge in [-0.05, 0) is 31.9 Å². The molecule has 0 heterocycles. The highest BCUT2D eigenvalue weighted by atomic mass is 16.1. The third kappa shape index (κ3) is 4.96. The van der Waals surface area contributed by atoms with Crippen molar-refractivity contribution in [3.8, 4) is 6.07 Å². The third-order valence-electron chi connectivity index (χ3n) is 3.96. The molecule has 1 aliphatic rings. The molecule has 0 atom stereocenters. The van der Waals surface area contributed by atoms with Crippen molar-refractivity contribution in [1.29, 1.82) is 5.26 Å². The van der Waals surface area contributed by atoms with E-state index in [-0.39, 0.29) is 11.4 Å². The zero-order chi connectivity index (χ0) is 16.7. The number of carbonyl (C=O) groups excluding carboxylic acids is 2. The second kappa shape index (κ2) is 8.14. The lowest BCUT2D eigenvalue weighted by atomic mass is 9.96. The second-order valence-electron chi connectivity index (χ2n) is 5.76. The number of hydrogen-bond donors (Lipinski definition) is 2. The summed E-state index contributed by atoms with van der Waals surface area (Å²) in [7, 11) is 0. The lowest BCUT2D eigenvalue weighted by Crippen LogP contribution is -2.28. The van der Waals surface area contributed by atoms with Gasteiger partial charge in [0.1, 0.15) is 11.6 Å². The van der Waals surface area contributed by atoms with Gasteiger partial charge in [-0.3, -0.25) is 9.59 Å². The Hall–Kier alpha value is -2.61. The van der Waals surface area contributed by atoms with E-state index in [0.29, 0.717) is 17.3 Å². The normalized spacial score (nSPS) is 15.6. The fourth-order valence-corrected chi connectivity index (χ4v) is 2.63. The number of benzene rings is 1. The largest absolute Gasteiger partial charge is 0.387 e. The predicted molar refractivity (Wildman–Crippen MR) is 88.8 cm³/mol. The number of Topliss-reactive ketones (excluding diaryl/α,β-unsaturated/α-hetero) is 1. The molecule has 2 rings (SSSR count). The van der Waals surface area contributed by atoms with Crippen molar-refractivity contribution in [2.45, 2.75) is 45.1 Å². The van der Waals surface area contributed by atoms with Gasteiger partial charge in [0.2, 0.25) is 0 Å². The number of rotatable bonds is 5. The van der Waals surface area contributed by atoms with Gasteiger partial charge in [-0.25, -0.2) is 0 Å². The molecule has 1 aromatic rings. The van der Waals surface area contributed by atoms with Crippen LogP contribution in [-0.2, 0) is 4.79 Å². The van der Waals surface area contributed by atoms with Crippen LogP contribution in [0.2, 0.25) is 0 Å². The van der Waals surface area contributed by atoms with Gasteiger partial charge in [0.25, 0.3) is 5.91 Å². The Bertz CT molecular complexity index is 652. The molecule has 1 fully saturated rings. The molecular weight excluding hydrogens is 290 g/mol. The standard InChI is InChI=1S/C18H21N3O2/c1-13(22)14-6-5-9-17(10-14)21-18(23)15(11-19)12-20-16-7-3-2-4-8-16/h5-6,9-10,12,16,20H,2-4,7-8H2,1H3,(H,21,23)/b15-12-. The first kappa shape index (κ1) is 16.8. The number of carbonyl (C=O) groups is 2. The molecule has 0 saturated heterocycles. The van der Waals surface area contributed by atoms with Crippen LogP contribution in [0.4, 0.5) is 5.69 Å². The Morgan fingerprint density at radius 1 is 1.26 bits per heavy atom. The first-order valence-corrected chi connectivity index (χ1v) is 7.89. The minimum absolute atomic E-state index is 0.0313. The summed E-state index contributed by atoms with van der Waals surface area (Å²) in [6.07, 6.45) is 7.24. The predicted octanol–water partition coefficient (Wildman–Crippen LogP) is 3.16. The molecule has 0 bridgehead atoms. The van der Waals surface area contributed by atoms with Crippen molar-refractivity contribution in [3.05, 3.63) is 41.6 Å². The van der Waals surface area contributed by atoms with E-state index in [9.17, 15) is 14.9 Å². The van der Waals surface area contributed by atoms with Crippen molar-refractivity contribution < 1.29 is 9.59 Å². The monoisotopic (exact) mass is 311 g/mol. The van der Waals surface area contributed by atoms with Crippen LogP contribution in [0.5, 0.6) is 0 Å². The Morgan fingerprint density at radius 3 is 2.65 bits per heavy atom. The van der Waals surface area contributed by atoms with Crippen molar-refractivity contribution >= 4 is 17.4 Å². The number of anilines is 1. The highest BCUT2D eigenvalue weighted by Crippen LogP contribution is 2.17. The van der Waals surface area contributed by atoms with Gasteiger partial charge in [-0.15, -0.1) is 0 Å². The van der Waals surface area contributed by atoms with Crippen molar-refractivity contribution in [1.82, 2.24) is 5.32 Å².